The molecule has 118 valence electrons. The van der Waals surface area contributed by atoms with Crippen LogP contribution >= 0.6 is 11.8 Å². The van der Waals surface area contributed by atoms with Crippen molar-refractivity contribution in [2.75, 3.05) is 5.88 Å². The van der Waals surface area contributed by atoms with Gasteiger partial charge in [-0.2, -0.15) is 0 Å². The Kier molecular flexibility index (Phi) is 4.84. The van der Waals surface area contributed by atoms with Crippen molar-refractivity contribution in [3.8, 4) is 0 Å². The van der Waals surface area contributed by atoms with E-state index in [9.17, 15) is 9.59 Å². The Bertz CT molecular complexity index is 575. The van der Waals surface area contributed by atoms with Crippen molar-refractivity contribution in [3.63, 3.8) is 0 Å². The molecule has 1 heterocycles. The van der Waals surface area contributed by atoms with Gasteiger partial charge in [0.15, 0.2) is 0 Å². The predicted molar refractivity (Wildman–Crippen MR) is 87.0 cm³/mol. The number of hydrogen-bond acceptors (Lipinski definition) is 4. The fourth-order valence-corrected chi connectivity index (χ4v) is 4.60. The average molecular weight is 319 g/mol. The maximum Gasteiger partial charge on any atom is 0.322 e. The van der Waals surface area contributed by atoms with Gasteiger partial charge in [-0.3, -0.25) is 14.9 Å². The van der Waals surface area contributed by atoms with Crippen LogP contribution in [-0.2, 0) is 22.4 Å². The quantitative estimate of drug-likeness (QED) is 0.871. The lowest BCUT2D eigenvalue weighted by atomic mass is 9.81. The van der Waals surface area contributed by atoms with Crippen molar-refractivity contribution in [3.05, 3.63) is 35.4 Å². The molecule has 0 bridgehead atoms. The molecule has 2 aliphatic rings. The molecule has 1 aromatic carbocycles. The van der Waals surface area contributed by atoms with E-state index in [1.807, 2.05) is 0 Å². The van der Waals surface area contributed by atoms with Gasteiger partial charge in [-0.25, -0.2) is 0 Å². The second-order valence-corrected chi connectivity index (χ2v) is 7.26. The normalized spacial score (nSPS) is 27.4. The van der Waals surface area contributed by atoms with Gasteiger partial charge in [0.1, 0.15) is 11.8 Å². The molecule has 3 atom stereocenters. The summed E-state index contributed by atoms with van der Waals surface area (Å²) in [6, 6.07) is 7.81. The summed E-state index contributed by atoms with van der Waals surface area (Å²) in [5, 5.41) is 11.6. The molecule has 3 rings (SSSR count). The first-order valence-corrected chi connectivity index (χ1v) is 8.87. The molecule has 0 spiro atoms. The van der Waals surface area contributed by atoms with Crippen LogP contribution < -0.4 is 5.32 Å². The van der Waals surface area contributed by atoms with Gasteiger partial charge in [0.2, 0.25) is 0 Å². The summed E-state index contributed by atoms with van der Waals surface area (Å²) < 4.78 is 0. The summed E-state index contributed by atoms with van der Waals surface area (Å²) in [6.07, 6.45) is 4.63. The summed E-state index contributed by atoms with van der Waals surface area (Å²) in [5.41, 5.74) is 2.85. The van der Waals surface area contributed by atoms with Crippen molar-refractivity contribution in [2.45, 2.75) is 43.4 Å². The van der Waals surface area contributed by atoms with Gasteiger partial charge < -0.3 is 5.11 Å². The summed E-state index contributed by atoms with van der Waals surface area (Å²) in [5.74, 6) is 0.252. The fourth-order valence-electron chi connectivity index (χ4n) is 3.43. The first-order valence-electron chi connectivity index (χ1n) is 7.82. The standard InChI is InChI=1S/C17H21NO3S/c19-14(16-15(17(20)21)18-10-22-16)8-6-11-5-7-12-3-1-2-4-13(12)9-11/h1-4,11,15-16,18H,5-10H2,(H,20,21)/t11?,15-,16?/m0/s1. The molecular formula is C17H21NO3S. The van der Waals surface area contributed by atoms with Crippen molar-refractivity contribution in [2.24, 2.45) is 5.92 Å². The van der Waals surface area contributed by atoms with Gasteiger partial charge in [0.25, 0.3) is 0 Å². The number of carboxylic acids is 1. The lowest BCUT2D eigenvalue weighted by Gasteiger charge is -2.24. The van der Waals surface area contributed by atoms with Gasteiger partial charge in [0, 0.05) is 12.3 Å². The zero-order valence-corrected chi connectivity index (χ0v) is 13.3. The van der Waals surface area contributed by atoms with Gasteiger partial charge in [0.05, 0.1) is 5.25 Å². The minimum atomic E-state index is -0.921. The lowest BCUT2D eigenvalue weighted by Crippen LogP contribution is -2.41. The monoisotopic (exact) mass is 319 g/mol. The minimum Gasteiger partial charge on any atom is -0.480 e. The molecule has 1 saturated heterocycles. The summed E-state index contributed by atoms with van der Waals surface area (Å²) in [7, 11) is 0. The molecule has 0 radical (unpaired) electrons. The Morgan fingerprint density at radius 1 is 1.27 bits per heavy atom. The molecule has 0 saturated carbocycles. The van der Waals surface area contributed by atoms with Gasteiger partial charge in [-0.1, -0.05) is 24.3 Å². The third kappa shape index (κ3) is 3.36. The van der Waals surface area contributed by atoms with E-state index in [0.29, 0.717) is 18.2 Å². The fraction of sp³-hybridized carbons (Fsp3) is 0.529. The summed E-state index contributed by atoms with van der Waals surface area (Å²) in [4.78, 5) is 23.5. The van der Waals surface area contributed by atoms with Crippen LogP contribution in [0.4, 0.5) is 0 Å². The number of fused-ring (bicyclic) bond motifs is 1. The number of aliphatic carboxylic acids is 1. The van der Waals surface area contributed by atoms with E-state index in [1.54, 1.807) is 0 Å². The number of rotatable bonds is 5. The number of hydrogen-bond donors (Lipinski definition) is 2. The second-order valence-electron chi connectivity index (χ2n) is 6.13. The van der Waals surface area contributed by atoms with Crippen molar-refractivity contribution in [1.29, 1.82) is 0 Å². The maximum absolute atomic E-state index is 12.3. The molecule has 1 aliphatic carbocycles. The first kappa shape index (κ1) is 15.6. The van der Waals surface area contributed by atoms with E-state index in [0.717, 1.165) is 25.7 Å². The van der Waals surface area contributed by atoms with Crippen LogP contribution in [0, 0.1) is 5.92 Å². The Morgan fingerprint density at radius 2 is 2.05 bits per heavy atom. The number of carbonyl (C=O) groups excluding carboxylic acids is 1. The highest BCUT2D eigenvalue weighted by Gasteiger charge is 2.38. The third-order valence-corrected chi connectivity index (χ3v) is 5.93. The molecule has 2 N–H and O–H groups in total. The number of aryl methyl sites for hydroxylation is 1. The molecule has 0 aromatic heterocycles. The smallest absolute Gasteiger partial charge is 0.322 e. The highest BCUT2D eigenvalue weighted by Crippen LogP contribution is 2.30. The largest absolute Gasteiger partial charge is 0.480 e. The molecule has 1 fully saturated rings. The van der Waals surface area contributed by atoms with Crippen LogP contribution in [0.3, 0.4) is 0 Å². The summed E-state index contributed by atoms with van der Waals surface area (Å²) >= 11 is 1.42. The molecule has 1 aromatic rings. The molecule has 0 amide bonds. The molecule has 1 aliphatic heterocycles. The van der Waals surface area contributed by atoms with E-state index < -0.39 is 17.3 Å². The number of nitrogens with one attached hydrogen (secondary N) is 1. The van der Waals surface area contributed by atoms with Crippen LogP contribution in [-0.4, -0.2) is 34.0 Å². The van der Waals surface area contributed by atoms with E-state index in [-0.39, 0.29) is 5.78 Å². The SMILES string of the molecule is O=C(CCC1CCc2ccccc2C1)C1SCN[C@@H]1C(=O)O. The maximum atomic E-state index is 12.3. The predicted octanol–water partition coefficient (Wildman–Crippen LogP) is 2.26. The van der Waals surface area contributed by atoms with Gasteiger partial charge in [-0.05, 0) is 42.7 Å². The van der Waals surface area contributed by atoms with Gasteiger partial charge >= 0.3 is 5.97 Å². The Labute approximate surface area is 134 Å². The van der Waals surface area contributed by atoms with E-state index in [2.05, 4.69) is 29.6 Å². The third-order valence-electron chi connectivity index (χ3n) is 4.70. The zero-order chi connectivity index (χ0) is 15.5. The number of thioether (sulfide) groups is 1. The highest BCUT2D eigenvalue weighted by atomic mass is 32.2. The van der Waals surface area contributed by atoms with Crippen LogP contribution in [0.1, 0.15) is 30.4 Å². The van der Waals surface area contributed by atoms with E-state index in [4.69, 9.17) is 5.11 Å². The molecule has 5 heteroatoms. The minimum absolute atomic E-state index is 0.0845. The average Bonchev–Trinajstić information content (AvgIpc) is 3.02. The van der Waals surface area contributed by atoms with Crippen LogP contribution in [0.5, 0.6) is 0 Å². The number of benzene rings is 1. The lowest BCUT2D eigenvalue weighted by molar-refractivity contribution is -0.140. The van der Waals surface area contributed by atoms with Crippen LogP contribution in [0.25, 0.3) is 0 Å². The van der Waals surface area contributed by atoms with E-state index in [1.165, 1.54) is 22.9 Å². The topological polar surface area (TPSA) is 66.4 Å². The second kappa shape index (κ2) is 6.84. The van der Waals surface area contributed by atoms with Crippen molar-refractivity contribution >= 4 is 23.5 Å². The van der Waals surface area contributed by atoms with E-state index >= 15 is 0 Å². The van der Waals surface area contributed by atoms with Crippen LogP contribution in [0.15, 0.2) is 24.3 Å². The van der Waals surface area contributed by atoms with Crippen LogP contribution in [0.2, 0.25) is 0 Å². The zero-order valence-electron chi connectivity index (χ0n) is 12.5. The Hall–Kier alpha value is -1.33. The number of carbonyl (C=O) groups is 2. The highest BCUT2D eigenvalue weighted by molar-refractivity contribution is 8.00. The van der Waals surface area contributed by atoms with Crippen molar-refractivity contribution < 1.29 is 14.7 Å². The molecular weight excluding hydrogens is 298 g/mol. The molecule has 2 unspecified atom stereocenters. The Morgan fingerprint density at radius 3 is 2.82 bits per heavy atom. The summed E-state index contributed by atoms with van der Waals surface area (Å²) in [6.45, 7) is 0. The van der Waals surface area contributed by atoms with Gasteiger partial charge in [-0.15, -0.1) is 11.8 Å². The molecule has 22 heavy (non-hydrogen) atoms. The number of ketones is 1. The first-order chi connectivity index (χ1) is 10.6. The van der Waals surface area contributed by atoms with Crippen molar-refractivity contribution in [1.82, 2.24) is 5.32 Å². The number of Topliss-reactive ketones (excluding diaryl/α,β-unsaturated/α-hetero) is 1. The molecule has 4 nitrogen and oxygen atoms in total. The Balaban J connectivity index is 1.53. The number of carboxylic acid groups (broad SMARTS) is 1.